The van der Waals surface area contributed by atoms with Crippen LogP contribution < -0.4 is 11.0 Å². The number of benzene rings is 2. The number of carbonyl (C=O) groups excluding carboxylic acids is 1. The summed E-state index contributed by atoms with van der Waals surface area (Å²) < 4.78 is 0. The van der Waals surface area contributed by atoms with Gasteiger partial charge in [0.15, 0.2) is 0 Å². The molecule has 1 heterocycles. The van der Waals surface area contributed by atoms with Gasteiger partial charge in [0.05, 0.1) is 17.5 Å². The van der Waals surface area contributed by atoms with Crippen molar-refractivity contribution < 1.29 is 4.79 Å². The first-order chi connectivity index (χ1) is 10.5. The van der Waals surface area contributed by atoms with Crippen LogP contribution in [-0.4, -0.2) is 15.9 Å². The first kappa shape index (κ1) is 14.1. The van der Waals surface area contributed by atoms with Crippen LogP contribution >= 0.6 is 0 Å². The van der Waals surface area contributed by atoms with Gasteiger partial charge in [-0.1, -0.05) is 18.2 Å². The van der Waals surface area contributed by atoms with Gasteiger partial charge in [0, 0.05) is 5.69 Å². The molecule has 112 valence electrons. The number of anilines is 1. The average molecular weight is 295 g/mol. The van der Waals surface area contributed by atoms with Crippen molar-refractivity contribution >= 4 is 22.6 Å². The van der Waals surface area contributed by atoms with Crippen LogP contribution in [0.1, 0.15) is 16.7 Å². The molecule has 3 aromatic rings. The Morgan fingerprint density at radius 3 is 2.55 bits per heavy atom. The van der Waals surface area contributed by atoms with Crippen LogP contribution in [0.15, 0.2) is 41.2 Å². The highest BCUT2D eigenvalue weighted by Crippen LogP contribution is 2.15. The second-order valence-corrected chi connectivity index (χ2v) is 5.48. The number of rotatable bonds is 3. The zero-order valence-corrected chi connectivity index (χ0v) is 12.5. The molecule has 5 heteroatoms. The molecule has 1 aromatic heterocycles. The Balaban J connectivity index is 1.74. The molecule has 0 saturated heterocycles. The Labute approximate surface area is 127 Å². The van der Waals surface area contributed by atoms with Crippen molar-refractivity contribution in [1.82, 2.24) is 9.97 Å². The summed E-state index contributed by atoms with van der Waals surface area (Å²) in [7, 11) is 0. The minimum absolute atomic E-state index is 0.0829. The third kappa shape index (κ3) is 2.93. The zero-order chi connectivity index (χ0) is 15.7. The summed E-state index contributed by atoms with van der Waals surface area (Å²) in [5.74, 6) is -0.0829. The molecule has 0 atom stereocenters. The second kappa shape index (κ2) is 5.52. The van der Waals surface area contributed by atoms with Crippen molar-refractivity contribution in [2.75, 3.05) is 5.32 Å². The maximum atomic E-state index is 12.1. The summed E-state index contributed by atoms with van der Waals surface area (Å²) >= 11 is 0. The lowest BCUT2D eigenvalue weighted by Gasteiger charge is -2.07. The number of aromatic nitrogens is 2. The van der Waals surface area contributed by atoms with Gasteiger partial charge in [-0.25, -0.2) is 4.79 Å². The Morgan fingerprint density at radius 1 is 1.00 bits per heavy atom. The highest BCUT2D eigenvalue weighted by atomic mass is 16.1. The largest absolute Gasteiger partial charge is 0.326 e. The van der Waals surface area contributed by atoms with Gasteiger partial charge in [-0.3, -0.25) is 4.79 Å². The number of fused-ring (bicyclic) bond motifs is 1. The molecule has 0 fully saturated rings. The standard InChI is InChI=1S/C17H17N3O2/c1-10-3-4-12(7-11(10)2)8-16(21)18-13-5-6-14-15(9-13)20-17(22)19-14/h3-7,9H,8H2,1-2H3,(H,18,21)(H2,19,20,22). The molecule has 0 bridgehead atoms. The molecule has 22 heavy (non-hydrogen) atoms. The van der Waals surface area contributed by atoms with Crippen LogP contribution in [0.3, 0.4) is 0 Å². The fraction of sp³-hybridized carbons (Fsp3) is 0.176. The molecular weight excluding hydrogens is 278 g/mol. The number of hydrogen-bond acceptors (Lipinski definition) is 2. The molecule has 3 N–H and O–H groups in total. The number of amides is 1. The van der Waals surface area contributed by atoms with Crippen molar-refractivity contribution in [3.63, 3.8) is 0 Å². The molecule has 0 spiro atoms. The number of H-pyrrole nitrogens is 2. The Morgan fingerprint density at radius 2 is 1.77 bits per heavy atom. The number of aryl methyl sites for hydroxylation is 2. The number of aromatic amines is 2. The topological polar surface area (TPSA) is 77.8 Å². The summed E-state index contributed by atoms with van der Waals surface area (Å²) in [6, 6.07) is 11.3. The van der Waals surface area contributed by atoms with Gasteiger partial charge in [0.2, 0.25) is 5.91 Å². The summed E-state index contributed by atoms with van der Waals surface area (Å²) in [6.45, 7) is 4.08. The first-order valence-electron chi connectivity index (χ1n) is 7.09. The molecule has 1 amide bonds. The number of imidazole rings is 1. The summed E-state index contributed by atoms with van der Waals surface area (Å²) in [5, 5.41) is 2.85. The molecule has 2 aromatic carbocycles. The van der Waals surface area contributed by atoms with Crippen molar-refractivity contribution in [1.29, 1.82) is 0 Å². The number of nitrogens with one attached hydrogen (secondary N) is 3. The molecule has 5 nitrogen and oxygen atoms in total. The predicted molar refractivity (Wildman–Crippen MR) is 87.2 cm³/mol. The van der Waals surface area contributed by atoms with Crippen LogP contribution in [0.5, 0.6) is 0 Å². The third-order valence-electron chi connectivity index (χ3n) is 3.74. The number of hydrogen-bond donors (Lipinski definition) is 3. The number of carbonyl (C=O) groups is 1. The van der Waals surface area contributed by atoms with E-state index in [4.69, 9.17) is 0 Å². The van der Waals surface area contributed by atoms with E-state index in [2.05, 4.69) is 15.3 Å². The summed E-state index contributed by atoms with van der Waals surface area (Å²) in [5.41, 5.74) is 5.18. The van der Waals surface area contributed by atoms with Gasteiger partial charge >= 0.3 is 5.69 Å². The fourth-order valence-corrected chi connectivity index (χ4v) is 2.41. The quantitative estimate of drug-likeness (QED) is 0.694. The highest BCUT2D eigenvalue weighted by molar-refractivity contribution is 5.94. The molecule has 0 aliphatic heterocycles. The maximum absolute atomic E-state index is 12.1. The van der Waals surface area contributed by atoms with Gasteiger partial charge in [-0.2, -0.15) is 0 Å². The zero-order valence-electron chi connectivity index (χ0n) is 12.5. The Hall–Kier alpha value is -2.82. The van der Waals surface area contributed by atoms with Crippen LogP contribution in [0.4, 0.5) is 5.69 Å². The molecule has 3 rings (SSSR count). The van der Waals surface area contributed by atoms with Crippen molar-refractivity contribution in [3.8, 4) is 0 Å². The molecule has 0 radical (unpaired) electrons. The van der Waals surface area contributed by atoms with E-state index in [0.29, 0.717) is 17.6 Å². The van der Waals surface area contributed by atoms with E-state index in [-0.39, 0.29) is 11.6 Å². The normalized spacial score (nSPS) is 10.8. The van der Waals surface area contributed by atoms with Crippen LogP contribution in [-0.2, 0) is 11.2 Å². The Bertz CT molecular complexity index is 906. The van der Waals surface area contributed by atoms with E-state index < -0.39 is 0 Å². The lowest BCUT2D eigenvalue weighted by Crippen LogP contribution is -2.14. The van der Waals surface area contributed by atoms with Crippen LogP contribution in [0, 0.1) is 13.8 Å². The first-order valence-corrected chi connectivity index (χ1v) is 7.09. The minimum Gasteiger partial charge on any atom is -0.326 e. The van der Waals surface area contributed by atoms with E-state index in [1.54, 1.807) is 18.2 Å². The second-order valence-electron chi connectivity index (χ2n) is 5.48. The van der Waals surface area contributed by atoms with E-state index in [9.17, 15) is 9.59 Å². The van der Waals surface area contributed by atoms with Gasteiger partial charge in [0.1, 0.15) is 0 Å². The lowest BCUT2D eigenvalue weighted by atomic mass is 10.0. The summed E-state index contributed by atoms with van der Waals surface area (Å²) in [6.07, 6.45) is 0.322. The van der Waals surface area contributed by atoms with E-state index in [1.165, 1.54) is 11.1 Å². The van der Waals surface area contributed by atoms with E-state index in [1.807, 2.05) is 32.0 Å². The highest BCUT2D eigenvalue weighted by Gasteiger charge is 2.06. The monoisotopic (exact) mass is 295 g/mol. The molecular formula is C17H17N3O2. The predicted octanol–water partition coefficient (Wildman–Crippen LogP) is 2.65. The van der Waals surface area contributed by atoms with Gasteiger partial charge < -0.3 is 15.3 Å². The minimum atomic E-state index is -0.256. The Kier molecular flexibility index (Phi) is 3.55. The van der Waals surface area contributed by atoms with Crippen molar-refractivity contribution in [3.05, 3.63) is 63.6 Å². The van der Waals surface area contributed by atoms with E-state index in [0.717, 1.165) is 11.1 Å². The van der Waals surface area contributed by atoms with Gasteiger partial charge in [0.25, 0.3) is 0 Å². The summed E-state index contributed by atoms with van der Waals surface area (Å²) in [4.78, 5) is 28.7. The SMILES string of the molecule is Cc1ccc(CC(=O)Nc2ccc3[nH]c(=O)[nH]c3c2)cc1C. The van der Waals surface area contributed by atoms with E-state index >= 15 is 0 Å². The van der Waals surface area contributed by atoms with Gasteiger partial charge in [-0.05, 0) is 48.7 Å². The molecule has 0 aliphatic rings. The van der Waals surface area contributed by atoms with Crippen molar-refractivity contribution in [2.45, 2.75) is 20.3 Å². The molecule has 0 saturated carbocycles. The van der Waals surface area contributed by atoms with Crippen LogP contribution in [0.2, 0.25) is 0 Å². The third-order valence-corrected chi connectivity index (χ3v) is 3.74. The van der Waals surface area contributed by atoms with Gasteiger partial charge in [-0.15, -0.1) is 0 Å². The maximum Gasteiger partial charge on any atom is 0.323 e. The molecule has 0 aliphatic carbocycles. The van der Waals surface area contributed by atoms with Crippen LogP contribution in [0.25, 0.3) is 11.0 Å². The lowest BCUT2D eigenvalue weighted by molar-refractivity contribution is -0.115. The molecule has 0 unspecified atom stereocenters. The van der Waals surface area contributed by atoms with Crippen molar-refractivity contribution in [2.24, 2.45) is 0 Å². The fourth-order valence-electron chi connectivity index (χ4n) is 2.41. The smallest absolute Gasteiger partial charge is 0.323 e. The average Bonchev–Trinajstić information content (AvgIpc) is 2.82.